The van der Waals surface area contributed by atoms with Crippen molar-refractivity contribution >= 4 is 15.9 Å². The van der Waals surface area contributed by atoms with Gasteiger partial charge in [0.2, 0.25) is 0 Å². The van der Waals surface area contributed by atoms with Gasteiger partial charge < -0.3 is 0 Å². The minimum absolute atomic E-state index is 0.115. The molecule has 0 spiro atoms. The second-order valence-corrected chi connectivity index (χ2v) is 6.14. The van der Waals surface area contributed by atoms with Crippen molar-refractivity contribution in [3.63, 3.8) is 0 Å². The van der Waals surface area contributed by atoms with Gasteiger partial charge in [0.25, 0.3) is 0 Å². The van der Waals surface area contributed by atoms with Gasteiger partial charge in [-0.2, -0.15) is 0 Å². The smallest absolute Gasteiger partial charge is 0.123 e. The van der Waals surface area contributed by atoms with Crippen molar-refractivity contribution < 1.29 is 4.39 Å². The fourth-order valence-corrected chi connectivity index (χ4v) is 3.70. The van der Waals surface area contributed by atoms with Gasteiger partial charge in [0.05, 0.1) is 0 Å². The summed E-state index contributed by atoms with van der Waals surface area (Å²) in [6, 6.07) is 7.08. The Balaban J connectivity index is 1.88. The zero-order chi connectivity index (χ0) is 12.8. The highest BCUT2D eigenvalue weighted by atomic mass is 79.9. The van der Waals surface area contributed by atoms with Crippen LogP contribution in [0.1, 0.15) is 56.4 Å². The first kappa shape index (κ1) is 14.0. The van der Waals surface area contributed by atoms with E-state index in [9.17, 15) is 4.39 Å². The average molecular weight is 313 g/mol. The van der Waals surface area contributed by atoms with Crippen LogP contribution in [0.5, 0.6) is 0 Å². The molecule has 2 rings (SSSR count). The van der Waals surface area contributed by atoms with Crippen LogP contribution in [-0.2, 0) is 0 Å². The van der Waals surface area contributed by atoms with E-state index in [1.54, 1.807) is 6.07 Å². The lowest BCUT2D eigenvalue weighted by atomic mass is 9.83. The molecule has 0 heterocycles. The average Bonchev–Trinajstić information content (AvgIpc) is 2.41. The van der Waals surface area contributed by atoms with E-state index in [4.69, 9.17) is 0 Å². The van der Waals surface area contributed by atoms with Gasteiger partial charge in [-0.25, -0.2) is 4.39 Å². The van der Waals surface area contributed by atoms with Gasteiger partial charge in [0.15, 0.2) is 0 Å². The Labute approximate surface area is 118 Å². The fraction of sp³-hybridized carbons (Fsp3) is 0.625. The SMILES string of the molecule is Fc1cccc(C(CBr)CCC2CCCCC2)c1. The Kier molecular flexibility index (Phi) is 5.68. The Morgan fingerprint density at radius 2 is 2.00 bits per heavy atom. The Morgan fingerprint density at radius 3 is 2.67 bits per heavy atom. The summed E-state index contributed by atoms with van der Waals surface area (Å²) in [5.41, 5.74) is 1.14. The molecular weight excluding hydrogens is 291 g/mol. The summed E-state index contributed by atoms with van der Waals surface area (Å²) in [5, 5.41) is 0.934. The summed E-state index contributed by atoms with van der Waals surface area (Å²) in [7, 11) is 0. The first-order valence-electron chi connectivity index (χ1n) is 7.11. The second-order valence-electron chi connectivity index (χ2n) is 5.49. The van der Waals surface area contributed by atoms with Gasteiger partial charge in [0.1, 0.15) is 5.82 Å². The Morgan fingerprint density at radius 1 is 1.22 bits per heavy atom. The largest absolute Gasteiger partial charge is 0.207 e. The van der Waals surface area contributed by atoms with Crippen molar-refractivity contribution in [3.8, 4) is 0 Å². The van der Waals surface area contributed by atoms with Crippen LogP contribution >= 0.6 is 15.9 Å². The predicted molar refractivity (Wildman–Crippen MR) is 78.7 cm³/mol. The molecule has 1 fully saturated rings. The van der Waals surface area contributed by atoms with Crippen LogP contribution in [0.3, 0.4) is 0 Å². The van der Waals surface area contributed by atoms with Crippen LogP contribution < -0.4 is 0 Å². The number of hydrogen-bond donors (Lipinski definition) is 0. The molecule has 0 N–H and O–H groups in total. The molecular formula is C16H22BrF. The molecule has 0 nitrogen and oxygen atoms in total. The molecule has 1 aliphatic carbocycles. The van der Waals surface area contributed by atoms with Gasteiger partial charge in [-0.15, -0.1) is 0 Å². The molecule has 2 heteroatoms. The van der Waals surface area contributed by atoms with Crippen molar-refractivity contribution in [1.82, 2.24) is 0 Å². The highest BCUT2D eigenvalue weighted by molar-refractivity contribution is 9.09. The van der Waals surface area contributed by atoms with Crippen LogP contribution in [0.2, 0.25) is 0 Å². The van der Waals surface area contributed by atoms with E-state index in [1.807, 2.05) is 6.07 Å². The van der Waals surface area contributed by atoms with Gasteiger partial charge in [-0.05, 0) is 42.4 Å². The summed E-state index contributed by atoms with van der Waals surface area (Å²) in [4.78, 5) is 0. The standard InChI is InChI=1S/C16H22BrF/c17-12-15(14-7-4-8-16(18)11-14)10-9-13-5-2-1-3-6-13/h4,7-8,11,13,15H,1-3,5-6,9-10,12H2. The van der Waals surface area contributed by atoms with Crippen LogP contribution in [-0.4, -0.2) is 5.33 Å². The molecule has 1 saturated carbocycles. The molecule has 0 saturated heterocycles. The minimum Gasteiger partial charge on any atom is -0.207 e. The normalized spacial score (nSPS) is 18.8. The Hall–Kier alpha value is -0.370. The van der Waals surface area contributed by atoms with E-state index in [1.165, 1.54) is 51.0 Å². The van der Waals surface area contributed by atoms with E-state index >= 15 is 0 Å². The summed E-state index contributed by atoms with van der Waals surface area (Å²) < 4.78 is 13.2. The van der Waals surface area contributed by atoms with Crippen molar-refractivity contribution in [2.75, 3.05) is 5.33 Å². The maximum atomic E-state index is 13.2. The third kappa shape index (κ3) is 4.08. The summed E-state index contributed by atoms with van der Waals surface area (Å²) in [5.74, 6) is 1.26. The lowest BCUT2D eigenvalue weighted by molar-refractivity contribution is 0.326. The number of halogens is 2. The molecule has 100 valence electrons. The van der Waals surface area contributed by atoms with Gasteiger partial charge in [0, 0.05) is 5.33 Å². The number of rotatable bonds is 5. The fourth-order valence-electron chi connectivity index (χ4n) is 3.01. The van der Waals surface area contributed by atoms with E-state index in [2.05, 4.69) is 22.0 Å². The molecule has 0 aliphatic heterocycles. The molecule has 18 heavy (non-hydrogen) atoms. The molecule has 0 amide bonds. The van der Waals surface area contributed by atoms with Gasteiger partial charge in [-0.1, -0.05) is 60.2 Å². The van der Waals surface area contributed by atoms with Crippen molar-refractivity contribution in [1.29, 1.82) is 0 Å². The number of alkyl halides is 1. The summed E-state index contributed by atoms with van der Waals surface area (Å²) >= 11 is 3.58. The maximum absolute atomic E-state index is 13.2. The maximum Gasteiger partial charge on any atom is 0.123 e. The molecule has 1 aromatic carbocycles. The monoisotopic (exact) mass is 312 g/mol. The zero-order valence-electron chi connectivity index (χ0n) is 10.9. The van der Waals surface area contributed by atoms with E-state index < -0.39 is 0 Å². The number of hydrogen-bond acceptors (Lipinski definition) is 0. The van der Waals surface area contributed by atoms with Crippen molar-refractivity contribution in [2.45, 2.75) is 50.9 Å². The molecule has 0 aromatic heterocycles. The topological polar surface area (TPSA) is 0 Å². The van der Waals surface area contributed by atoms with Gasteiger partial charge in [-0.3, -0.25) is 0 Å². The summed E-state index contributed by atoms with van der Waals surface area (Å²) in [6.45, 7) is 0. The van der Waals surface area contributed by atoms with Gasteiger partial charge >= 0.3 is 0 Å². The third-order valence-electron chi connectivity index (χ3n) is 4.15. The lowest BCUT2D eigenvalue weighted by Gasteiger charge is -2.23. The highest BCUT2D eigenvalue weighted by Crippen LogP contribution is 2.32. The second kappa shape index (κ2) is 7.28. The third-order valence-corrected chi connectivity index (χ3v) is 4.94. The van der Waals surface area contributed by atoms with Crippen LogP contribution in [0.4, 0.5) is 4.39 Å². The molecule has 1 unspecified atom stereocenters. The number of benzene rings is 1. The van der Waals surface area contributed by atoms with Crippen LogP contribution in [0.25, 0.3) is 0 Å². The quantitative estimate of drug-likeness (QED) is 0.615. The molecule has 1 aliphatic rings. The zero-order valence-corrected chi connectivity index (χ0v) is 12.5. The summed E-state index contributed by atoms with van der Waals surface area (Å²) in [6.07, 6.45) is 9.51. The van der Waals surface area contributed by atoms with Crippen LogP contribution in [0.15, 0.2) is 24.3 Å². The van der Waals surface area contributed by atoms with Crippen LogP contribution in [0, 0.1) is 11.7 Å². The van der Waals surface area contributed by atoms with Crippen molar-refractivity contribution in [3.05, 3.63) is 35.6 Å². The van der Waals surface area contributed by atoms with Crippen molar-refractivity contribution in [2.24, 2.45) is 5.92 Å². The predicted octanol–water partition coefficient (Wildman–Crippen LogP) is 5.66. The molecule has 1 atom stereocenters. The molecule has 1 aromatic rings. The first-order chi connectivity index (χ1) is 8.79. The molecule has 0 bridgehead atoms. The lowest BCUT2D eigenvalue weighted by Crippen LogP contribution is -2.09. The van der Waals surface area contributed by atoms with E-state index in [-0.39, 0.29) is 5.82 Å². The van der Waals surface area contributed by atoms with E-state index in [0.29, 0.717) is 5.92 Å². The minimum atomic E-state index is -0.115. The first-order valence-corrected chi connectivity index (χ1v) is 8.23. The van der Waals surface area contributed by atoms with E-state index in [0.717, 1.165) is 16.8 Å². The Bertz CT molecular complexity index is 358. The highest BCUT2D eigenvalue weighted by Gasteiger charge is 2.17. The molecule has 0 radical (unpaired) electrons.